The molecular weight excluding hydrogens is 260 g/mol. The van der Waals surface area contributed by atoms with Gasteiger partial charge in [-0.3, -0.25) is 14.4 Å². The Bertz CT molecular complexity index is 563. The van der Waals surface area contributed by atoms with Crippen LogP contribution in [0.5, 0.6) is 0 Å². The molecule has 0 aromatic carbocycles. The third-order valence-corrected chi connectivity index (χ3v) is 4.13. The molecule has 0 spiro atoms. The summed E-state index contributed by atoms with van der Waals surface area (Å²) >= 11 is 1.70. The molecule has 1 amide bonds. The van der Waals surface area contributed by atoms with Crippen molar-refractivity contribution in [2.24, 2.45) is 0 Å². The lowest BCUT2D eigenvalue weighted by atomic mass is 10.1. The highest BCUT2D eigenvalue weighted by atomic mass is 32.1. The number of amides is 1. The van der Waals surface area contributed by atoms with Crippen LogP contribution in [0.1, 0.15) is 17.3 Å². The predicted molar refractivity (Wildman–Crippen MR) is 73.8 cm³/mol. The molecule has 0 aliphatic carbocycles. The molecular formula is C13H16N4OS. The van der Waals surface area contributed by atoms with E-state index in [9.17, 15) is 4.79 Å². The van der Waals surface area contributed by atoms with Gasteiger partial charge in [0.05, 0.1) is 5.69 Å². The summed E-state index contributed by atoms with van der Waals surface area (Å²) in [6, 6.07) is 3.88. The second kappa shape index (κ2) is 5.14. The molecule has 6 heteroatoms. The number of rotatable bonds is 3. The molecule has 0 radical (unpaired) electrons. The number of carbonyl (C=O) groups excluding carboxylic acids is 1. The normalized spacial score (nSPS) is 19.1. The zero-order valence-corrected chi connectivity index (χ0v) is 11.6. The Morgan fingerprint density at radius 2 is 2.47 bits per heavy atom. The number of hydrogen-bond donors (Lipinski definition) is 1. The average molecular weight is 276 g/mol. The van der Waals surface area contributed by atoms with Crippen LogP contribution in [-0.2, 0) is 17.9 Å². The van der Waals surface area contributed by atoms with Gasteiger partial charge in [-0.05, 0) is 28.5 Å². The van der Waals surface area contributed by atoms with Crippen molar-refractivity contribution in [3.8, 4) is 0 Å². The maximum Gasteiger partial charge on any atom is 0.245 e. The highest BCUT2D eigenvalue weighted by Gasteiger charge is 2.30. The van der Waals surface area contributed by atoms with Crippen molar-refractivity contribution in [3.05, 3.63) is 40.3 Å². The second-order valence-corrected chi connectivity index (χ2v) is 5.48. The zero-order valence-electron chi connectivity index (χ0n) is 10.7. The SMILES string of the molecule is CNC(=O)C1CN(Cc2ccsc2)Cc2ccnn21. The van der Waals surface area contributed by atoms with Crippen molar-refractivity contribution < 1.29 is 4.79 Å². The van der Waals surface area contributed by atoms with Crippen molar-refractivity contribution in [2.75, 3.05) is 13.6 Å². The average Bonchev–Trinajstić information content (AvgIpc) is 3.07. The molecule has 5 nitrogen and oxygen atoms in total. The summed E-state index contributed by atoms with van der Waals surface area (Å²) in [5.74, 6) is 0.0139. The standard InChI is InChI=1S/C13H16N4OS/c1-14-13(18)12-8-16(6-10-3-5-19-9-10)7-11-2-4-15-17(11)12/h2-5,9,12H,6-8H2,1H3,(H,14,18). The summed E-state index contributed by atoms with van der Waals surface area (Å²) in [6.07, 6.45) is 1.76. The monoisotopic (exact) mass is 276 g/mol. The third-order valence-electron chi connectivity index (χ3n) is 3.40. The van der Waals surface area contributed by atoms with E-state index in [-0.39, 0.29) is 11.9 Å². The van der Waals surface area contributed by atoms with E-state index in [4.69, 9.17) is 0 Å². The lowest BCUT2D eigenvalue weighted by Gasteiger charge is -2.32. The van der Waals surface area contributed by atoms with Crippen LogP contribution in [0.15, 0.2) is 29.1 Å². The maximum atomic E-state index is 12.0. The summed E-state index contributed by atoms with van der Waals surface area (Å²) in [4.78, 5) is 14.3. The van der Waals surface area contributed by atoms with Gasteiger partial charge in [-0.15, -0.1) is 0 Å². The number of carbonyl (C=O) groups is 1. The lowest BCUT2D eigenvalue weighted by Crippen LogP contribution is -2.43. The predicted octanol–water partition coefficient (Wildman–Crippen LogP) is 1.25. The van der Waals surface area contributed by atoms with Crippen LogP contribution < -0.4 is 5.32 Å². The fourth-order valence-electron chi connectivity index (χ4n) is 2.48. The zero-order chi connectivity index (χ0) is 13.2. The molecule has 100 valence electrons. The Labute approximate surface area is 115 Å². The van der Waals surface area contributed by atoms with Gasteiger partial charge >= 0.3 is 0 Å². The van der Waals surface area contributed by atoms with Gasteiger partial charge in [-0.2, -0.15) is 16.4 Å². The minimum absolute atomic E-state index is 0.0139. The molecule has 2 aromatic heterocycles. The fraction of sp³-hybridized carbons (Fsp3) is 0.385. The van der Waals surface area contributed by atoms with Gasteiger partial charge in [0.15, 0.2) is 0 Å². The molecule has 3 heterocycles. The second-order valence-electron chi connectivity index (χ2n) is 4.70. The van der Waals surface area contributed by atoms with E-state index in [1.165, 1.54) is 5.56 Å². The summed E-state index contributed by atoms with van der Waals surface area (Å²) in [7, 11) is 1.67. The van der Waals surface area contributed by atoms with Gasteiger partial charge in [0, 0.05) is 32.9 Å². The summed E-state index contributed by atoms with van der Waals surface area (Å²) in [6.45, 7) is 2.41. The molecule has 0 fully saturated rings. The molecule has 0 saturated heterocycles. The van der Waals surface area contributed by atoms with E-state index < -0.39 is 0 Å². The van der Waals surface area contributed by atoms with Gasteiger partial charge in [0.2, 0.25) is 5.91 Å². The number of fused-ring (bicyclic) bond motifs is 1. The lowest BCUT2D eigenvalue weighted by molar-refractivity contribution is -0.125. The van der Waals surface area contributed by atoms with Crippen LogP contribution in [0.3, 0.4) is 0 Å². The van der Waals surface area contributed by atoms with Crippen LogP contribution in [0, 0.1) is 0 Å². The van der Waals surface area contributed by atoms with Crippen molar-refractivity contribution in [3.63, 3.8) is 0 Å². The molecule has 19 heavy (non-hydrogen) atoms. The molecule has 1 aliphatic heterocycles. The van der Waals surface area contributed by atoms with Gasteiger partial charge in [0.1, 0.15) is 6.04 Å². The maximum absolute atomic E-state index is 12.0. The van der Waals surface area contributed by atoms with E-state index >= 15 is 0 Å². The molecule has 1 N–H and O–H groups in total. The molecule has 0 bridgehead atoms. The Morgan fingerprint density at radius 3 is 3.21 bits per heavy atom. The van der Waals surface area contributed by atoms with E-state index in [0.29, 0.717) is 6.54 Å². The van der Waals surface area contributed by atoms with Crippen LogP contribution >= 0.6 is 11.3 Å². The number of aromatic nitrogens is 2. The third kappa shape index (κ3) is 2.41. The molecule has 3 rings (SSSR count). The quantitative estimate of drug-likeness (QED) is 0.918. The van der Waals surface area contributed by atoms with E-state index in [0.717, 1.165) is 18.8 Å². The number of thiophene rings is 1. The van der Waals surface area contributed by atoms with Crippen molar-refractivity contribution in [2.45, 2.75) is 19.1 Å². The van der Waals surface area contributed by atoms with E-state index in [1.807, 2.05) is 10.7 Å². The first-order valence-electron chi connectivity index (χ1n) is 6.25. The molecule has 1 atom stereocenters. The number of likely N-dealkylation sites (N-methyl/N-ethyl adjacent to an activating group) is 1. The summed E-state index contributed by atoms with van der Waals surface area (Å²) in [5, 5.41) is 11.2. The topological polar surface area (TPSA) is 50.2 Å². The minimum Gasteiger partial charge on any atom is -0.357 e. The van der Waals surface area contributed by atoms with Crippen molar-refractivity contribution >= 4 is 17.2 Å². The van der Waals surface area contributed by atoms with E-state index in [2.05, 4.69) is 32.1 Å². The van der Waals surface area contributed by atoms with Gasteiger partial charge in [0.25, 0.3) is 0 Å². The fourth-order valence-corrected chi connectivity index (χ4v) is 3.14. The number of nitrogens with one attached hydrogen (secondary N) is 1. The Balaban J connectivity index is 1.82. The van der Waals surface area contributed by atoms with Gasteiger partial charge in [-0.25, -0.2) is 0 Å². The Morgan fingerprint density at radius 1 is 1.58 bits per heavy atom. The molecule has 0 saturated carbocycles. The highest BCUT2D eigenvalue weighted by Crippen LogP contribution is 2.22. The number of nitrogens with zero attached hydrogens (tertiary/aromatic N) is 3. The van der Waals surface area contributed by atoms with Crippen molar-refractivity contribution in [1.82, 2.24) is 20.0 Å². The Hall–Kier alpha value is -1.66. The van der Waals surface area contributed by atoms with Crippen LogP contribution in [-0.4, -0.2) is 34.2 Å². The van der Waals surface area contributed by atoms with Crippen LogP contribution in [0.4, 0.5) is 0 Å². The minimum atomic E-state index is -0.234. The molecule has 1 aliphatic rings. The molecule has 1 unspecified atom stereocenters. The molecule has 2 aromatic rings. The first-order valence-corrected chi connectivity index (χ1v) is 7.19. The smallest absolute Gasteiger partial charge is 0.245 e. The van der Waals surface area contributed by atoms with Gasteiger partial charge < -0.3 is 5.32 Å². The summed E-state index contributed by atoms with van der Waals surface area (Å²) in [5.41, 5.74) is 2.39. The largest absolute Gasteiger partial charge is 0.357 e. The summed E-state index contributed by atoms with van der Waals surface area (Å²) < 4.78 is 1.84. The first-order chi connectivity index (χ1) is 9.28. The highest BCUT2D eigenvalue weighted by molar-refractivity contribution is 7.07. The van der Waals surface area contributed by atoms with E-state index in [1.54, 1.807) is 24.6 Å². The van der Waals surface area contributed by atoms with Gasteiger partial charge in [-0.1, -0.05) is 0 Å². The number of hydrogen-bond acceptors (Lipinski definition) is 4. The van der Waals surface area contributed by atoms with Crippen molar-refractivity contribution in [1.29, 1.82) is 0 Å². The Kier molecular flexibility index (Phi) is 3.35. The van der Waals surface area contributed by atoms with Crippen LogP contribution in [0.25, 0.3) is 0 Å². The van der Waals surface area contributed by atoms with Crippen LogP contribution in [0.2, 0.25) is 0 Å². The first kappa shape index (κ1) is 12.4.